The van der Waals surface area contributed by atoms with Crippen molar-refractivity contribution in [3.05, 3.63) is 0 Å². The molecule has 0 aromatic rings. The van der Waals surface area contributed by atoms with Crippen molar-refractivity contribution in [2.45, 2.75) is 25.0 Å². The smallest absolute Gasteiger partial charge is 0.133 e. The third kappa shape index (κ3) is 3.15. The Morgan fingerprint density at radius 3 is 2.92 bits per heavy atom. The van der Waals surface area contributed by atoms with Crippen LogP contribution in [0, 0.1) is 0 Å². The van der Waals surface area contributed by atoms with E-state index in [4.69, 9.17) is 0 Å². The van der Waals surface area contributed by atoms with E-state index in [0.717, 1.165) is 25.1 Å². The van der Waals surface area contributed by atoms with Crippen LogP contribution in [-0.4, -0.2) is 41.3 Å². The highest BCUT2D eigenvalue weighted by Crippen LogP contribution is 2.30. The molecular formula is C9H17NOS. The van der Waals surface area contributed by atoms with Crippen LogP contribution in [0.1, 0.15) is 20.3 Å². The van der Waals surface area contributed by atoms with Crippen LogP contribution in [0.5, 0.6) is 0 Å². The van der Waals surface area contributed by atoms with Crippen molar-refractivity contribution < 1.29 is 4.79 Å². The van der Waals surface area contributed by atoms with Crippen LogP contribution < -0.4 is 0 Å². The van der Waals surface area contributed by atoms with Crippen LogP contribution in [0.25, 0.3) is 0 Å². The van der Waals surface area contributed by atoms with Crippen molar-refractivity contribution in [3.8, 4) is 0 Å². The van der Waals surface area contributed by atoms with E-state index in [0.29, 0.717) is 11.3 Å². The van der Waals surface area contributed by atoms with Gasteiger partial charge in [0.05, 0.1) is 6.54 Å². The second-order valence-electron chi connectivity index (χ2n) is 3.83. The van der Waals surface area contributed by atoms with Crippen LogP contribution in [0.15, 0.2) is 0 Å². The third-order valence-corrected chi connectivity index (χ3v) is 3.64. The van der Waals surface area contributed by atoms with Crippen molar-refractivity contribution in [3.63, 3.8) is 0 Å². The molecule has 0 aromatic carbocycles. The zero-order valence-electron chi connectivity index (χ0n) is 7.88. The van der Waals surface area contributed by atoms with Gasteiger partial charge in [-0.15, -0.1) is 0 Å². The molecule has 0 aromatic heterocycles. The lowest BCUT2D eigenvalue weighted by Crippen LogP contribution is -2.28. The van der Waals surface area contributed by atoms with Gasteiger partial charge in [-0.3, -0.25) is 4.90 Å². The van der Waals surface area contributed by atoms with Crippen molar-refractivity contribution >= 4 is 18.0 Å². The van der Waals surface area contributed by atoms with Crippen LogP contribution in [-0.2, 0) is 4.79 Å². The Kier molecular flexibility index (Phi) is 3.59. The van der Waals surface area contributed by atoms with Crippen LogP contribution in [0.4, 0.5) is 0 Å². The highest BCUT2D eigenvalue weighted by molar-refractivity contribution is 8.00. The fourth-order valence-electron chi connectivity index (χ4n) is 1.35. The van der Waals surface area contributed by atoms with E-state index >= 15 is 0 Å². The van der Waals surface area contributed by atoms with E-state index < -0.39 is 0 Å². The Morgan fingerprint density at radius 1 is 1.50 bits per heavy atom. The summed E-state index contributed by atoms with van der Waals surface area (Å²) < 4.78 is 0.400. The minimum atomic E-state index is 0.400. The van der Waals surface area contributed by atoms with Crippen molar-refractivity contribution in [1.82, 2.24) is 4.90 Å². The maximum Gasteiger partial charge on any atom is 0.133 e. The molecule has 1 saturated heterocycles. The first-order valence-corrected chi connectivity index (χ1v) is 5.42. The van der Waals surface area contributed by atoms with Crippen LogP contribution in [0.3, 0.4) is 0 Å². The van der Waals surface area contributed by atoms with Crippen LogP contribution in [0.2, 0.25) is 0 Å². The summed E-state index contributed by atoms with van der Waals surface area (Å²) in [4.78, 5) is 12.5. The van der Waals surface area contributed by atoms with E-state index in [9.17, 15) is 4.79 Å². The number of hydrogen-bond acceptors (Lipinski definition) is 3. The Hall–Kier alpha value is -0.0200. The molecule has 12 heavy (non-hydrogen) atoms. The predicted octanol–water partition coefficient (Wildman–Crippen LogP) is 1.40. The average molecular weight is 187 g/mol. The monoisotopic (exact) mass is 187 g/mol. The summed E-state index contributed by atoms with van der Waals surface area (Å²) in [5.74, 6) is 1.15. The molecule has 1 rings (SSSR count). The molecule has 0 aliphatic carbocycles. The zero-order chi connectivity index (χ0) is 9.03. The molecule has 70 valence electrons. The Bertz CT molecular complexity index is 159. The SMILES string of the molecule is CC1(C)CCN(CC=O)CCS1. The summed E-state index contributed by atoms with van der Waals surface area (Å²) in [5.41, 5.74) is 0. The third-order valence-electron chi connectivity index (χ3n) is 2.26. The maximum atomic E-state index is 10.3. The molecule has 3 heteroatoms. The van der Waals surface area contributed by atoms with Gasteiger partial charge in [0.15, 0.2) is 0 Å². The summed E-state index contributed by atoms with van der Waals surface area (Å²) in [5, 5.41) is 0. The molecule has 1 heterocycles. The standard InChI is InChI=1S/C9H17NOS/c1-9(2)3-4-10(5-7-11)6-8-12-9/h7H,3-6,8H2,1-2H3. The van der Waals surface area contributed by atoms with E-state index in [-0.39, 0.29) is 0 Å². The van der Waals surface area contributed by atoms with E-state index in [1.807, 2.05) is 11.8 Å². The van der Waals surface area contributed by atoms with Gasteiger partial charge < -0.3 is 4.79 Å². The Balaban J connectivity index is 2.39. The highest BCUT2D eigenvalue weighted by atomic mass is 32.2. The van der Waals surface area contributed by atoms with Crippen LogP contribution >= 0.6 is 11.8 Å². The predicted molar refractivity (Wildman–Crippen MR) is 53.7 cm³/mol. The molecular weight excluding hydrogens is 170 g/mol. The van der Waals surface area contributed by atoms with Gasteiger partial charge in [0, 0.05) is 17.0 Å². The summed E-state index contributed by atoms with van der Waals surface area (Å²) in [6, 6.07) is 0. The first-order valence-electron chi connectivity index (χ1n) is 4.44. The summed E-state index contributed by atoms with van der Waals surface area (Å²) in [6.45, 7) is 7.30. The largest absolute Gasteiger partial charge is 0.302 e. The summed E-state index contributed by atoms with van der Waals surface area (Å²) in [6.07, 6.45) is 2.19. The number of aldehydes is 1. The molecule has 1 aliphatic rings. The van der Waals surface area contributed by atoms with Gasteiger partial charge >= 0.3 is 0 Å². The number of hydrogen-bond donors (Lipinski definition) is 0. The van der Waals surface area contributed by atoms with Gasteiger partial charge in [0.25, 0.3) is 0 Å². The molecule has 0 unspecified atom stereocenters. The van der Waals surface area contributed by atoms with E-state index in [1.54, 1.807) is 0 Å². The van der Waals surface area contributed by atoms with Gasteiger partial charge in [0.2, 0.25) is 0 Å². The molecule has 0 N–H and O–H groups in total. The molecule has 0 atom stereocenters. The number of carbonyl (C=O) groups is 1. The first-order chi connectivity index (χ1) is 5.64. The van der Waals surface area contributed by atoms with Crippen molar-refractivity contribution in [2.24, 2.45) is 0 Å². The quantitative estimate of drug-likeness (QED) is 0.610. The number of carbonyl (C=O) groups excluding carboxylic acids is 1. The second-order valence-corrected chi connectivity index (χ2v) is 5.63. The number of nitrogens with zero attached hydrogens (tertiary/aromatic N) is 1. The Labute approximate surface area is 78.7 Å². The first kappa shape index (κ1) is 10.1. The van der Waals surface area contributed by atoms with E-state index in [1.165, 1.54) is 6.42 Å². The summed E-state index contributed by atoms with van der Waals surface area (Å²) >= 11 is 2.01. The maximum absolute atomic E-state index is 10.3. The van der Waals surface area contributed by atoms with Gasteiger partial charge in [-0.1, -0.05) is 13.8 Å². The van der Waals surface area contributed by atoms with Crippen molar-refractivity contribution in [2.75, 3.05) is 25.4 Å². The lowest BCUT2D eigenvalue weighted by atomic mass is 10.1. The van der Waals surface area contributed by atoms with Gasteiger partial charge in [-0.2, -0.15) is 11.8 Å². The molecule has 0 amide bonds. The van der Waals surface area contributed by atoms with Gasteiger partial charge in [-0.05, 0) is 13.0 Å². The summed E-state index contributed by atoms with van der Waals surface area (Å²) in [7, 11) is 0. The average Bonchev–Trinajstić information content (AvgIpc) is 2.14. The minimum absolute atomic E-state index is 0.400. The van der Waals surface area contributed by atoms with Crippen molar-refractivity contribution in [1.29, 1.82) is 0 Å². The lowest BCUT2D eigenvalue weighted by molar-refractivity contribution is -0.108. The minimum Gasteiger partial charge on any atom is -0.302 e. The molecule has 0 radical (unpaired) electrons. The number of thioether (sulfide) groups is 1. The topological polar surface area (TPSA) is 20.3 Å². The molecule has 1 aliphatic heterocycles. The molecule has 0 bridgehead atoms. The molecule has 0 saturated carbocycles. The second kappa shape index (κ2) is 4.28. The highest BCUT2D eigenvalue weighted by Gasteiger charge is 2.22. The molecule has 0 spiro atoms. The fraction of sp³-hybridized carbons (Fsp3) is 0.889. The fourth-order valence-corrected chi connectivity index (χ4v) is 2.49. The number of rotatable bonds is 2. The van der Waals surface area contributed by atoms with Gasteiger partial charge in [-0.25, -0.2) is 0 Å². The Morgan fingerprint density at radius 2 is 2.25 bits per heavy atom. The molecule has 2 nitrogen and oxygen atoms in total. The lowest BCUT2D eigenvalue weighted by Gasteiger charge is -2.21. The molecule has 1 fully saturated rings. The van der Waals surface area contributed by atoms with Gasteiger partial charge in [0.1, 0.15) is 6.29 Å². The van der Waals surface area contributed by atoms with E-state index in [2.05, 4.69) is 18.7 Å². The normalized spacial score (nSPS) is 24.8. The zero-order valence-corrected chi connectivity index (χ0v) is 8.69.